The summed E-state index contributed by atoms with van der Waals surface area (Å²) >= 11 is 0. The van der Waals surface area contributed by atoms with Gasteiger partial charge in [0.25, 0.3) is 5.56 Å². The monoisotopic (exact) mass is 265 g/mol. The SMILES string of the molecule is CCn1c(=O)c2c(ncn2CCNC)n(CC)c1=O. The first-order valence-electron chi connectivity index (χ1n) is 6.48. The fourth-order valence-electron chi connectivity index (χ4n) is 2.20. The van der Waals surface area contributed by atoms with E-state index in [1.165, 1.54) is 9.13 Å². The number of aryl methyl sites for hydroxylation is 1. The minimum absolute atomic E-state index is 0.263. The maximum Gasteiger partial charge on any atom is 0.332 e. The molecule has 0 aliphatic heterocycles. The number of rotatable bonds is 5. The molecule has 0 saturated carbocycles. The van der Waals surface area contributed by atoms with Gasteiger partial charge in [-0.05, 0) is 20.9 Å². The van der Waals surface area contributed by atoms with Crippen LogP contribution in [0.4, 0.5) is 0 Å². The van der Waals surface area contributed by atoms with Crippen molar-refractivity contribution in [2.24, 2.45) is 0 Å². The fourth-order valence-corrected chi connectivity index (χ4v) is 2.20. The second-order valence-electron chi connectivity index (χ2n) is 4.29. The van der Waals surface area contributed by atoms with Gasteiger partial charge in [-0.1, -0.05) is 0 Å². The molecule has 0 fully saturated rings. The molecule has 0 saturated heterocycles. The van der Waals surface area contributed by atoms with Crippen molar-refractivity contribution in [1.29, 1.82) is 0 Å². The topological polar surface area (TPSA) is 73.8 Å². The minimum Gasteiger partial charge on any atom is -0.323 e. The molecule has 0 atom stereocenters. The van der Waals surface area contributed by atoms with Crippen LogP contribution < -0.4 is 16.6 Å². The van der Waals surface area contributed by atoms with Crippen LogP contribution in [-0.4, -0.2) is 32.3 Å². The van der Waals surface area contributed by atoms with Crippen molar-refractivity contribution in [3.05, 3.63) is 27.2 Å². The first-order valence-corrected chi connectivity index (χ1v) is 6.48. The number of aromatic nitrogens is 4. The summed E-state index contributed by atoms with van der Waals surface area (Å²) < 4.78 is 4.59. The van der Waals surface area contributed by atoms with E-state index in [2.05, 4.69) is 10.3 Å². The van der Waals surface area contributed by atoms with Crippen LogP contribution in [0, 0.1) is 0 Å². The molecule has 104 valence electrons. The van der Waals surface area contributed by atoms with Crippen LogP contribution in [0.1, 0.15) is 13.8 Å². The zero-order valence-electron chi connectivity index (χ0n) is 11.5. The van der Waals surface area contributed by atoms with Gasteiger partial charge in [-0.25, -0.2) is 9.78 Å². The zero-order valence-corrected chi connectivity index (χ0v) is 11.5. The average Bonchev–Trinajstić information content (AvgIpc) is 2.81. The van der Waals surface area contributed by atoms with Gasteiger partial charge in [0, 0.05) is 26.2 Å². The maximum atomic E-state index is 12.4. The van der Waals surface area contributed by atoms with Crippen molar-refractivity contribution in [3.63, 3.8) is 0 Å². The van der Waals surface area contributed by atoms with Gasteiger partial charge in [0.05, 0.1) is 6.33 Å². The van der Waals surface area contributed by atoms with Crippen LogP contribution >= 0.6 is 0 Å². The quantitative estimate of drug-likeness (QED) is 0.799. The van der Waals surface area contributed by atoms with Gasteiger partial charge >= 0.3 is 5.69 Å². The molecule has 2 aromatic heterocycles. The zero-order chi connectivity index (χ0) is 14.0. The molecule has 1 N–H and O–H groups in total. The van der Waals surface area contributed by atoms with E-state index in [4.69, 9.17) is 0 Å². The van der Waals surface area contributed by atoms with E-state index in [9.17, 15) is 9.59 Å². The number of nitrogens with zero attached hydrogens (tertiary/aromatic N) is 4. The van der Waals surface area contributed by atoms with E-state index < -0.39 is 0 Å². The number of hydrogen-bond donors (Lipinski definition) is 1. The van der Waals surface area contributed by atoms with Gasteiger partial charge in [0.2, 0.25) is 0 Å². The van der Waals surface area contributed by atoms with Crippen molar-refractivity contribution in [1.82, 2.24) is 24.0 Å². The molecule has 0 unspecified atom stereocenters. The van der Waals surface area contributed by atoms with E-state index in [1.54, 1.807) is 17.8 Å². The molecule has 2 heterocycles. The van der Waals surface area contributed by atoms with Crippen molar-refractivity contribution in [2.75, 3.05) is 13.6 Å². The standard InChI is InChI=1S/C12H19N5O2/c1-4-16-10-9(11(18)17(5-2)12(16)19)15(8-14-10)7-6-13-3/h8,13H,4-7H2,1-3H3. The lowest BCUT2D eigenvalue weighted by Crippen LogP contribution is -2.40. The number of imidazole rings is 1. The van der Waals surface area contributed by atoms with Gasteiger partial charge < -0.3 is 9.88 Å². The molecule has 7 heteroatoms. The number of fused-ring (bicyclic) bond motifs is 1. The molecular formula is C12H19N5O2. The Morgan fingerprint density at radius 2 is 1.89 bits per heavy atom. The average molecular weight is 265 g/mol. The Labute approximate surface area is 110 Å². The lowest BCUT2D eigenvalue weighted by Gasteiger charge is -2.09. The molecule has 0 radical (unpaired) electrons. The summed E-state index contributed by atoms with van der Waals surface area (Å²) in [5.41, 5.74) is 0.416. The largest absolute Gasteiger partial charge is 0.332 e. The fraction of sp³-hybridized carbons (Fsp3) is 0.583. The summed E-state index contributed by atoms with van der Waals surface area (Å²) in [6.07, 6.45) is 1.62. The molecule has 0 spiro atoms. The first-order chi connectivity index (χ1) is 9.15. The Balaban J connectivity index is 2.79. The molecule has 19 heavy (non-hydrogen) atoms. The van der Waals surface area contributed by atoms with Crippen LogP contribution in [-0.2, 0) is 19.6 Å². The molecule has 0 aliphatic rings. The third kappa shape index (κ3) is 2.10. The maximum absolute atomic E-state index is 12.4. The lowest BCUT2D eigenvalue weighted by molar-refractivity contribution is 0.599. The third-order valence-corrected chi connectivity index (χ3v) is 3.22. The van der Waals surface area contributed by atoms with Gasteiger partial charge in [0.15, 0.2) is 11.2 Å². The van der Waals surface area contributed by atoms with Crippen LogP contribution in [0.2, 0.25) is 0 Å². The first kappa shape index (κ1) is 13.5. The molecule has 2 aromatic rings. The second-order valence-corrected chi connectivity index (χ2v) is 4.29. The van der Waals surface area contributed by atoms with Gasteiger partial charge in [-0.3, -0.25) is 13.9 Å². The molecule has 0 aromatic carbocycles. The minimum atomic E-state index is -0.290. The van der Waals surface area contributed by atoms with Crippen molar-refractivity contribution in [3.8, 4) is 0 Å². The van der Waals surface area contributed by atoms with Crippen molar-refractivity contribution >= 4 is 11.2 Å². The number of hydrogen-bond acceptors (Lipinski definition) is 4. The summed E-state index contributed by atoms with van der Waals surface area (Å²) in [6.45, 7) is 5.92. The van der Waals surface area contributed by atoms with E-state index >= 15 is 0 Å². The van der Waals surface area contributed by atoms with E-state index in [-0.39, 0.29) is 11.2 Å². The molecule has 7 nitrogen and oxygen atoms in total. The van der Waals surface area contributed by atoms with E-state index in [0.717, 1.165) is 6.54 Å². The highest BCUT2D eigenvalue weighted by molar-refractivity contribution is 5.70. The van der Waals surface area contributed by atoms with Gasteiger partial charge in [-0.2, -0.15) is 0 Å². The predicted octanol–water partition coefficient (Wildman–Crippen LogP) is -0.381. The Morgan fingerprint density at radius 1 is 1.21 bits per heavy atom. The lowest BCUT2D eigenvalue weighted by atomic mass is 10.4. The highest BCUT2D eigenvalue weighted by Crippen LogP contribution is 2.06. The predicted molar refractivity (Wildman–Crippen MR) is 73.5 cm³/mol. The highest BCUT2D eigenvalue weighted by Gasteiger charge is 2.15. The van der Waals surface area contributed by atoms with E-state index in [1.807, 2.05) is 14.0 Å². The van der Waals surface area contributed by atoms with Crippen molar-refractivity contribution in [2.45, 2.75) is 33.5 Å². The van der Waals surface area contributed by atoms with Gasteiger partial charge in [0.1, 0.15) is 0 Å². The van der Waals surface area contributed by atoms with Crippen LogP contribution in [0.3, 0.4) is 0 Å². The Hall–Kier alpha value is -1.89. The molecule has 0 bridgehead atoms. The van der Waals surface area contributed by atoms with Crippen LogP contribution in [0.5, 0.6) is 0 Å². The van der Waals surface area contributed by atoms with Gasteiger partial charge in [-0.15, -0.1) is 0 Å². The molecular weight excluding hydrogens is 246 g/mol. The molecule has 2 rings (SSSR count). The third-order valence-electron chi connectivity index (χ3n) is 3.22. The number of nitrogens with one attached hydrogen (secondary N) is 1. The Kier molecular flexibility index (Phi) is 3.84. The summed E-state index contributed by atoms with van der Waals surface area (Å²) in [4.78, 5) is 28.7. The summed E-state index contributed by atoms with van der Waals surface area (Å²) in [5.74, 6) is 0. The van der Waals surface area contributed by atoms with Crippen LogP contribution in [0.15, 0.2) is 15.9 Å². The summed E-state index contributed by atoms with van der Waals surface area (Å²) in [7, 11) is 1.85. The Bertz CT molecular complexity index is 694. The summed E-state index contributed by atoms with van der Waals surface area (Å²) in [5, 5.41) is 3.03. The smallest absolute Gasteiger partial charge is 0.323 e. The van der Waals surface area contributed by atoms with E-state index in [0.29, 0.717) is 30.8 Å². The van der Waals surface area contributed by atoms with Crippen molar-refractivity contribution < 1.29 is 0 Å². The van der Waals surface area contributed by atoms with Crippen LogP contribution in [0.25, 0.3) is 11.2 Å². The molecule has 0 aliphatic carbocycles. The highest BCUT2D eigenvalue weighted by atomic mass is 16.2. The summed E-state index contributed by atoms with van der Waals surface area (Å²) in [6, 6.07) is 0. The second kappa shape index (κ2) is 5.40. The number of likely N-dealkylation sites (N-methyl/N-ethyl adjacent to an activating group) is 1. The molecule has 0 amide bonds. The normalized spacial score (nSPS) is 11.3. The Morgan fingerprint density at radius 3 is 2.47 bits per heavy atom.